The van der Waals surface area contributed by atoms with Crippen LogP contribution < -0.4 is 0 Å². The van der Waals surface area contributed by atoms with Crippen molar-refractivity contribution in [3.63, 3.8) is 0 Å². The van der Waals surface area contributed by atoms with E-state index in [1.165, 1.54) is 31.3 Å². The predicted octanol–water partition coefficient (Wildman–Crippen LogP) is 3.71. The highest BCUT2D eigenvalue weighted by Crippen LogP contribution is 2.63. The summed E-state index contributed by atoms with van der Waals surface area (Å²) in [5.74, 6) is 2.27. The lowest BCUT2D eigenvalue weighted by atomic mass is 9.49. The van der Waals surface area contributed by atoms with Gasteiger partial charge in [0.1, 0.15) is 0 Å². The number of aliphatic hydroxyl groups excluding tert-OH is 2. The number of fused-ring (bicyclic) bond motifs is 1. The van der Waals surface area contributed by atoms with E-state index in [2.05, 4.69) is 39.4 Å². The van der Waals surface area contributed by atoms with Gasteiger partial charge in [0.25, 0.3) is 0 Å². The van der Waals surface area contributed by atoms with Gasteiger partial charge in [-0.25, -0.2) is 0 Å². The van der Waals surface area contributed by atoms with Gasteiger partial charge in [-0.1, -0.05) is 26.0 Å². The molecule has 144 valence electrons. The van der Waals surface area contributed by atoms with Crippen LogP contribution >= 0.6 is 0 Å². The first-order valence-electron chi connectivity index (χ1n) is 10.3. The number of nitrogens with zero attached hydrogens (tertiary/aromatic N) is 1. The lowest BCUT2D eigenvalue weighted by molar-refractivity contribution is -0.0978. The van der Waals surface area contributed by atoms with Crippen molar-refractivity contribution < 1.29 is 10.2 Å². The fourth-order valence-corrected chi connectivity index (χ4v) is 6.86. The van der Waals surface area contributed by atoms with Crippen LogP contribution in [0.15, 0.2) is 12.2 Å². The molecule has 0 amide bonds. The van der Waals surface area contributed by atoms with Gasteiger partial charge in [0, 0.05) is 13.2 Å². The van der Waals surface area contributed by atoms with Crippen molar-refractivity contribution in [2.24, 2.45) is 34.5 Å². The molecule has 0 heterocycles. The van der Waals surface area contributed by atoms with Crippen LogP contribution in [0.2, 0.25) is 0 Å². The zero-order valence-electron chi connectivity index (χ0n) is 16.8. The van der Waals surface area contributed by atoms with Crippen molar-refractivity contribution in [3.8, 4) is 0 Å². The molecule has 0 radical (unpaired) electrons. The fraction of sp³-hybridized carbons (Fsp3) is 0.909. The van der Waals surface area contributed by atoms with Crippen LogP contribution in [0.3, 0.4) is 0 Å². The fourth-order valence-electron chi connectivity index (χ4n) is 6.86. The maximum atomic E-state index is 10.1. The maximum Gasteiger partial charge on any atom is 0.0544 e. The molecular formula is C22H39NO2. The van der Waals surface area contributed by atoms with Crippen LogP contribution in [0.5, 0.6) is 0 Å². The molecule has 3 rings (SSSR count). The zero-order valence-corrected chi connectivity index (χ0v) is 16.8. The second-order valence-corrected chi connectivity index (χ2v) is 10.1. The SMILES string of the molecule is C=C1CCC2[C@@H](CN(C)C)C([C@@]3(C)CC[C@H](O)C[C@@H]3CO)CC[C@@]12C. The largest absolute Gasteiger partial charge is 0.396 e. The normalized spacial score (nSPS) is 48.0. The van der Waals surface area contributed by atoms with Gasteiger partial charge in [0.15, 0.2) is 0 Å². The summed E-state index contributed by atoms with van der Waals surface area (Å²) in [5.41, 5.74) is 1.94. The molecule has 0 bridgehead atoms. The minimum Gasteiger partial charge on any atom is -0.396 e. The zero-order chi connectivity index (χ0) is 18.4. The third kappa shape index (κ3) is 3.21. The minimum atomic E-state index is -0.224. The first-order valence-corrected chi connectivity index (χ1v) is 10.3. The Bertz CT molecular complexity index is 504. The van der Waals surface area contributed by atoms with Crippen molar-refractivity contribution in [3.05, 3.63) is 12.2 Å². The van der Waals surface area contributed by atoms with E-state index in [4.69, 9.17) is 0 Å². The van der Waals surface area contributed by atoms with Gasteiger partial charge in [-0.05, 0) is 93.5 Å². The summed E-state index contributed by atoms with van der Waals surface area (Å²) in [6.07, 6.45) is 7.47. The summed E-state index contributed by atoms with van der Waals surface area (Å²) in [5, 5.41) is 20.2. The van der Waals surface area contributed by atoms with E-state index < -0.39 is 0 Å². The average molecular weight is 350 g/mol. The number of hydrogen-bond donors (Lipinski definition) is 2. The third-order valence-electron chi connectivity index (χ3n) is 8.54. The minimum absolute atomic E-state index is 0.153. The monoisotopic (exact) mass is 349 g/mol. The highest BCUT2D eigenvalue weighted by molar-refractivity contribution is 5.21. The lowest BCUT2D eigenvalue weighted by Crippen LogP contribution is -2.53. The van der Waals surface area contributed by atoms with Crippen LogP contribution in [0, 0.1) is 34.5 Å². The summed E-state index contributed by atoms with van der Waals surface area (Å²) >= 11 is 0. The molecule has 0 spiro atoms. The van der Waals surface area contributed by atoms with E-state index in [0.717, 1.165) is 31.7 Å². The van der Waals surface area contributed by atoms with E-state index >= 15 is 0 Å². The molecule has 0 aromatic rings. The number of aliphatic hydroxyl groups is 2. The van der Waals surface area contributed by atoms with Gasteiger partial charge in [-0.15, -0.1) is 0 Å². The molecular weight excluding hydrogens is 310 g/mol. The Hall–Kier alpha value is -0.380. The van der Waals surface area contributed by atoms with Crippen molar-refractivity contribution in [2.45, 2.75) is 64.9 Å². The van der Waals surface area contributed by atoms with Crippen LogP contribution in [0.4, 0.5) is 0 Å². The predicted molar refractivity (Wildman–Crippen MR) is 103 cm³/mol. The van der Waals surface area contributed by atoms with Gasteiger partial charge >= 0.3 is 0 Å². The molecule has 3 aliphatic carbocycles. The maximum absolute atomic E-state index is 10.1. The van der Waals surface area contributed by atoms with Crippen molar-refractivity contribution >= 4 is 0 Å². The summed E-state index contributed by atoms with van der Waals surface area (Å²) < 4.78 is 0. The molecule has 0 aliphatic heterocycles. The molecule has 3 fully saturated rings. The first kappa shape index (κ1) is 19.4. The number of allylic oxidation sites excluding steroid dienone is 1. The molecule has 3 saturated carbocycles. The van der Waals surface area contributed by atoms with E-state index in [9.17, 15) is 10.2 Å². The Balaban J connectivity index is 1.92. The highest BCUT2D eigenvalue weighted by atomic mass is 16.3. The summed E-state index contributed by atoms with van der Waals surface area (Å²) in [6.45, 7) is 10.7. The Kier molecular flexibility index (Phi) is 5.41. The summed E-state index contributed by atoms with van der Waals surface area (Å²) in [6, 6.07) is 0. The lowest BCUT2D eigenvalue weighted by Gasteiger charge is -2.57. The molecule has 25 heavy (non-hydrogen) atoms. The molecule has 3 aliphatic rings. The third-order valence-corrected chi connectivity index (χ3v) is 8.54. The van der Waals surface area contributed by atoms with E-state index in [1.807, 2.05) is 0 Å². The Morgan fingerprint density at radius 3 is 2.48 bits per heavy atom. The second-order valence-electron chi connectivity index (χ2n) is 10.1. The summed E-state index contributed by atoms with van der Waals surface area (Å²) in [7, 11) is 4.40. The van der Waals surface area contributed by atoms with Gasteiger partial charge in [0.2, 0.25) is 0 Å². The number of rotatable bonds is 4. The van der Waals surface area contributed by atoms with Crippen molar-refractivity contribution in [1.82, 2.24) is 4.90 Å². The van der Waals surface area contributed by atoms with Gasteiger partial charge in [-0.3, -0.25) is 0 Å². The van der Waals surface area contributed by atoms with Crippen LogP contribution in [-0.4, -0.2) is 48.5 Å². The van der Waals surface area contributed by atoms with Gasteiger partial charge < -0.3 is 15.1 Å². The molecule has 3 nitrogen and oxygen atoms in total. The van der Waals surface area contributed by atoms with E-state index in [0.29, 0.717) is 17.3 Å². The van der Waals surface area contributed by atoms with E-state index in [1.54, 1.807) is 0 Å². The van der Waals surface area contributed by atoms with E-state index in [-0.39, 0.29) is 24.0 Å². The quantitative estimate of drug-likeness (QED) is 0.761. The Morgan fingerprint density at radius 2 is 1.84 bits per heavy atom. The number of hydrogen-bond acceptors (Lipinski definition) is 3. The molecule has 0 saturated heterocycles. The van der Waals surface area contributed by atoms with Crippen LogP contribution in [0.25, 0.3) is 0 Å². The van der Waals surface area contributed by atoms with Crippen LogP contribution in [0.1, 0.15) is 58.8 Å². The van der Waals surface area contributed by atoms with Gasteiger partial charge in [0.05, 0.1) is 6.10 Å². The molecule has 7 atom stereocenters. The Morgan fingerprint density at radius 1 is 1.12 bits per heavy atom. The van der Waals surface area contributed by atoms with Gasteiger partial charge in [-0.2, -0.15) is 0 Å². The van der Waals surface area contributed by atoms with Crippen molar-refractivity contribution in [2.75, 3.05) is 27.2 Å². The Labute approximate surface area is 154 Å². The molecule has 2 unspecified atom stereocenters. The first-order chi connectivity index (χ1) is 11.7. The molecule has 3 heteroatoms. The molecule has 0 aromatic heterocycles. The molecule has 0 aromatic carbocycles. The smallest absolute Gasteiger partial charge is 0.0544 e. The topological polar surface area (TPSA) is 43.7 Å². The highest BCUT2D eigenvalue weighted by Gasteiger charge is 2.56. The molecule has 2 N–H and O–H groups in total. The average Bonchev–Trinajstić information content (AvgIpc) is 2.85. The van der Waals surface area contributed by atoms with Crippen LogP contribution in [-0.2, 0) is 0 Å². The summed E-state index contributed by atoms with van der Waals surface area (Å²) in [4.78, 5) is 2.36. The van der Waals surface area contributed by atoms with Crippen molar-refractivity contribution in [1.29, 1.82) is 0 Å². The standard InChI is InChI=1S/C22H39NO2/c1-15-6-7-19-18(13-23(4)5)20(9-11-21(15,19)2)22(3)10-8-17(25)12-16(22)14-24/h16-20,24-25H,1,6-14H2,2-5H3/t16-,17+,18-,19?,20?,21+,22+/m1/s1. The second kappa shape index (κ2) is 6.98.